The number of ether oxygens (including phenoxy) is 3. The van der Waals surface area contributed by atoms with Crippen LogP contribution in [0.15, 0.2) is 0 Å². The van der Waals surface area contributed by atoms with Crippen molar-refractivity contribution < 1.29 is 28.6 Å². The van der Waals surface area contributed by atoms with Crippen LogP contribution in [0.5, 0.6) is 0 Å². The van der Waals surface area contributed by atoms with Gasteiger partial charge < -0.3 is 14.2 Å². The Balaban J connectivity index is 3.33. The predicted octanol–water partition coefficient (Wildman–Crippen LogP) is -0.769. The van der Waals surface area contributed by atoms with E-state index in [0.717, 1.165) is 21.3 Å². The molecule has 1 aromatic rings. The number of aromatic nitrogens is 3. The van der Waals surface area contributed by atoms with Crippen molar-refractivity contribution in [1.29, 1.82) is 0 Å². The molecular formula is C9H9N3O6. The fourth-order valence-electron chi connectivity index (χ4n) is 0.977. The summed E-state index contributed by atoms with van der Waals surface area (Å²) in [5.41, 5.74) is -0.920. The first-order valence-corrected chi connectivity index (χ1v) is 4.54. The van der Waals surface area contributed by atoms with Crippen LogP contribution in [0.3, 0.4) is 0 Å². The Hall–Kier alpha value is -2.58. The summed E-state index contributed by atoms with van der Waals surface area (Å²) in [4.78, 5) is 37.5. The predicted molar refractivity (Wildman–Crippen MR) is 53.8 cm³/mol. The highest BCUT2D eigenvalue weighted by Gasteiger charge is 2.25. The number of carbonyl (C=O) groups is 3. The van der Waals surface area contributed by atoms with Crippen molar-refractivity contribution in [1.82, 2.24) is 15.2 Å². The largest absolute Gasteiger partial charge is 0.464 e. The van der Waals surface area contributed by atoms with Gasteiger partial charge in [-0.3, -0.25) is 0 Å². The smallest absolute Gasteiger partial charge is 0.378 e. The van der Waals surface area contributed by atoms with Crippen molar-refractivity contribution in [2.24, 2.45) is 0 Å². The summed E-state index contributed by atoms with van der Waals surface area (Å²) in [6.07, 6.45) is 0. The molecule has 0 saturated carbocycles. The molecule has 1 heterocycles. The van der Waals surface area contributed by atoms with E-state index >= 15 is 0 Å². The van der Waals surface area contributed by atoms with E-state index in [-0.39, 0.29) is 0 Å². The van der Waals surface area contributed by atoms with Gasteiger partial charge in [0.05, 0.1) is 21.3 Å². The highest BCUT2D eigenvalue weighted by atomic mass is 16.5. The molecule has 1 rings (SSSR count). The molecule has 0 atom stereocenters. The second-order valence-electron chi connectivity index (χ2n) is 2.81. The molecule has 9 heteroatoms. The van der Waals surface area contributed by atoms with E-state index in [4.69, 9.17) is 0 Å². The zero-order valence-corrected chi connectivity index (χ0v) is 9.79. The van der Waals surface area contributed by atoms with E-state index in [0.29, 0.717) is 0 Å². The Labute approximate surface area is 101 Å². The molecule has 0 amide bonds. The van der Waals surface area contributed by atoms with Gasteiger partial charge >= 0.3 is 17.9 Å². The molecule has 0 saturated heterocycles. The van der Waals surface area contributed by atoms with Crippen molar-refractivity contribution in [2.45, 2.75) is 0 Å². The van der Waals surface area contributed by atoms with Crippen LogP contribution < -0.4 is 0 Å². The van der Waals surface area contributed by atoms with Crippen molar-refractivity contribution in [2.75, 3.05) is 21.3 Å². The van der Waals surface area contributed by atoms with Crippen LogP contribution in [-0.2, 0) is 14.2 Å². The quantitative estimate of drug-likeness (QED) is 0.506. The molecule has 0 fully saturated rings. The van der Waals surface area contributed by atoms with E-state index in [2.05, 4.69) is 29.4 Å². The van der Waals surface area contributed by atoms with Crippen LogP contribution in [-0.4, -0.2) is 54.4 Å². The van der Waals surface area contributed by atoms with Gasteiger partial charge in [-0.25, -0.2) is 19.4 Å². The number of carbonyl (C=O) groups excluding carboxylic acids is 3. The van der Waals surface area contributed by atoms with Crippen molar-refractivity contribution in [3.63, 3.8) is 0 Å². The van der Waals surface area contributed by atoms with Crippen molar-refractivity contribution >= 4 is 17.9 Å². The summed E-state index contributed by atoms with van der Waals surface area (Å²) in [5, 5.41) is 6.75. The third kappa shape index (κ3) is 2.56. The van der Waals surface area contributed by atoms with Crippen molar-refractivity contribution in [3.05, 3.63) is 17.2 Å². The van der Waals surface area contributed by atoms with Crippen LogP contribution in [0.2, 0.25) is 0 Å². The highest BCUT2D eigenvalue weighted by molar-refractivity contribution is 6.00. The standard InChI is InChI=1S/C9H9N3O6/c1-16-7(13)4-5(8(14)17-2)11-12-6(10-4)9(15)18-3/h1-3H3. The molecule has 18 heavy (non-hydrogen) atoms. The molecular weight excluding hydrogens is 246 g/mol. The lowest BCUT2D eigenvalue weighted by Crippen LogP contribution is -2.21. The molecule has 0 aliphatic heterocycles. The molecule has 0 spiro atoms. The fourth-order valence-corrected chi connectivity index (χ4v) is 0.977. The normalized spacial score (nSPS) is 9.50. The lowest BCUT2D eigenvalue weighted by molar-refractivity contribution is 0.0532. The molecule has 0 radical (unpaired) electrons. The van der Waals surface area contributed by atoms with Crippen LogP contribution >= 0.6 is 0 Å². The van der Waals surface area contributed by atoms with E-state index in [1.54, 1.807) is 0 Å². The SMILES string of the molecule is COC(=O)c1nnc(C(=O)OC)c(C(=O)OC)n1. The maximum Gasteiger partial charge on any atom is 0.378 e. The number of hydrogen-bond acceptors (Lipinski definition) is 9. The molecule has 0 bridgehead atoms. The first-order valence-electron chi connectivity index (χ1n) is 4.54. The summed E-state index contributed by atoms with van der Waals surface area (Å²) < 4.78 is 13.2. The van der Waals surface area contributed by atoms with Crippen LogP contribution in [0.1, 0.15) is 31.6 Å². The second kappa shape index (κ2) is 5.66. The lowest BCUT2D eigenvalue weighted by Gasteiger charge is -2.04. The van der Waals surface area contributed by atoms with Crippen LogP contribution in [0, 0.1) is 0 Å². The minimum Gasteiger partial charge on any atom is -0.464 e. The van der Waals surface area contributed by atoms with E-state index in [9.17, 15) is 14.4 Å². The molecule has 9 nitrogen and oxygen atoms in total. The maximum absolute atomic E-state index is 11.4. The maximum atomic E-state index is 11.4. The number of hydrogen-bond donors (Lipinski definition) is 0. The van der Waals surface area contributed by atoms with Gasteiger partial charge in [-0.05, 0) is 0 Å². The average Bonchev–Trinajstić information content (AvgIpc) is 2.43. The highest BCUT2D eigenvalue weighted by Crippen LogP contribution is 2.06. The van der Waals surface area contributed by atoms with E-state index < -0.39 is 35.1 Å². The third-order valence-corrected chi connectivity index (χ3v) is 1.81. The Bertz CT molecular complexity index is 501. The Morgan fingerprint density at radius 3 is 1.78 bits per heavy atom. The number of rotatable bonds is 3. The lowest BCUT2D eigenvalue weighted by atomic mass is 10.3. The van der Waals surface area contributed by atoms with Gasteiger partial charge in [0, 0.05) is 0 Å². The number of esters is 3. The minimum atomic E-state index is -0.949. The minimum absolute atomic E-state index is 0.447. The van der Waals surface area contributed by atoms with Gasteiger partial charge in [-0.15, -0.1) is 10.2 Å². The molecule has 0 unspecified atom stereocenters. The van der Waals surface area contributed by atoms with E-state index in [1.807, 2.05) is 0 Å². The summed E-state index contributed by atoms with van der Waals surface area (Å²) in [6, 6.07) is 0. The van der Waals surface area contributed by atoms with Gasteiger partial charge in [-0.1, -0.05) is 0 Å². The summed E-state index contributed by atoms with van der Waals surface area (Å²) >= 11 is 0. The Morgan fingerprint density at radius 2 is 1.28 bits per heavy atom. The Morgan fingerprint density at radius 1 is 0.778 bits per heavy atom. The van der Waals surface area contributed by atoms with Gasteiger partial charge in [0.2, 0.25) is 5.69 Å². The third-order valence-electron chi connectivity index (χ3n) is 1.81. The molecule has 96 valence electrons. The zero-order chi connectivity index (χ0) is 13.7. The first-order chi connectivity index (χ1) is 8.54. The van der Waals surface area contributed by atoms with Crippen LogP contribution in [0.25, 0.3) is 0 Å². The molecule has 1 aromatic heterocycles. The van der Waals surface area contributed by atoms with E-state index in [1.165, 1.54) is 0 Å². The molecule has 0 N–H and O–H groups in total. The summed E-state index contributed by atoms with van der Waals surface area (Å²) in [5.74, 6) is -3.24. The van der Waals surface area contributed by atoms with Gasteiger partial charge in [0.15, 0.2) is 5.69 Å². The van der Waals surface area contributed by atoms with Crippen LogP contribution in [0.4, 0.5) is 0 Å². The molecule has 0 aliphatic carbocycles. The second-order valence-corrected chi connectivity index (χ2v) is 2.81. The van der Waals surface area contributed by atoms with Gasteiger partial charge in [0.1, 0.15) is 0 Å². The number of nitrogens with zero attached hydrogens (tertiary/aromatic N) is 3. The Kier molecular flexibility index (Phi) is 4.24. The summed E-state index contributed by atoms with van der Waals surface area (Å²) in [7, 11) is 3.29. The summed E-state index contributed by atoms with van der Waals surface area (Å²) in [6.45, 7) is 0. The number of methoxy groups -OCH3 is 3. The first kappa shape index (κ1) is 13.5. The van der Waals surface area contributed by atoms with Crippen molar-refractivity contribution in [3.8, 4) is 0 Å². The molecule has 0 aromatic carbocycles. The fraction of sp³-hybridized carbons (Fsp3) is 0.333. The van der Waals surface area contributed by atoms with Gasteiger partial charge in [0.25, 0.3) is 5.82 Å². The zero-order valence-electron chi connectivity index (χ0n) is 9.79. The monoisotopic (exact) mass is 255 g/mol. The van der Waals surface area contributed by atoms with Gasteiger partial charge in [-0.2, -0.15) is 0 Å². The average molecular weight is 255 g/mol. The molecule has 0 aliphatic rings. The topological polar surface area (TPSA) is 118 Å².